The SMILES string of the molecule is C=C1C[C@H]2[C@@H]3C(C(=O)OC)CC4=CC(=O)CC[C@]4(C)[C@H]3CC[C@]2(C)[C@H]1CCC(=O)OC. The second-order valence-corrected chi connectivity index (χ2v) is 10.8. The largest absolute Gasteiger partial charge is 0.469 e. The van der Waals surface area contributed by atoms with Gasteiger partial charge in [0.05, 0.1) is 20.1 Å². The van der Waals surface area contributed by atoms with E-state index in [4.69, 9.17) is 9.47 Å². The molecular formula is C26H36O5. The maximum Gasteiger partial charge on any atom is 0.309 e. The number of methoxy groups -OCH3 is 2. The van der Waals surface area contributed by atoms with Crippen molar-refractivity contribution in [3.05, 3.63) is 23.8 Å². The van der Waals surface area contributed by atoms with Crippen molar-refractivity contribution in [2.24, 2.45) is 40.4 Å². The van der Waals surface area contributed by atoms with Gasteiger partial charge in [0.1, 0.15) is 0 Å². The molecule has 0 spiro atoms. The number of ether oxygens (including phenoxy) is 2. The Kier molecular flexibility index (Phi) is 5.68. The first kappa shape index (κ1) is 22.3. The Balaban J connectivity index is 1.70. The first-order chi connectivity index (χ1) is 14.7. The fourth-order valence-electron chi connectivity index (χ4n) is 7.91. The van der Waals surface area contributed by atoms with Gasteiger partial charge in [-0.2, -0.15) is 0 Å². The van der Waals surface area contributed by atoms with Gasteiger partial charge in [0.15, 0.2) is 5.78 Å². The highest BCUT2D eigenvalue weighted by atomic mass is 16.5. The standard InChI is InChI=1S/C26H36O5/c1-15-12-21-23-18(24(29)31-5)14-16-13-17(27)8-10-25(16,2)20(23)9-11-26(21,3)19(15)6-7-22(28)30-4/h13,18-21,23H,1,6-12,14H2,2-5H3/t18?,19-,20-,21-,23+,25-,26+/m0/s1. The Morgan fingerprint density at radius 1 is 1.13 bits per heavy atom. The molecule has 4 rings (SSSR count). The highest BCUT2D eigenvalue weighted by Gasteiger charge is 2.63. The molecule has 0 aliphatic heterocycles. The van der Waals surface area contributed by atoms with Crippen LogP contribution in [-0.4, -0.2) is 31.9 Å². The van der Waals surface area contributed by atoms with E-state index >= 15 is 0 Å². The molecule has 4 aliphatic carbocycles. The van der Waals surface area contributed by atoms with Crippen LogP contribution >= 0.6 is 0 Å². The van der Waals surface area contributed by atoms with Gasteiger partial charge in [-0.1, -0.05) is 31.6 Å². The fraction of sp³-hybridized carbons (Fsp3) is 0.731. The van der Waals surface area contributed by atoms with Gasteiger partial charge in [0.2, 0.25) is 0 Å². The Hall–Kier alpha value is -1.91. The Bertz CT molecular complexity index is 841. The van der Waals surface area contributed by atoms with E-state index in [0.717, 1.165) is 37.7 Å². The zero-order chi connectivity index (χ0) is 22.6. The molecule has 1 unspecified atom stereocenters. The maximum atomic E-state index is 13.0. The van der Waals surface area contributed by atoms with E-state index in [1.807, 2.05) is 6.08 Å². The van der Waals surface area contributed by atoms with Crippen molar-refractivity contribution in [2.45, 2.75) is 65.2 Å². The lowest BCUT2D eigenvalue weighted by Crippen LogP contribution is -2.55. The van der Waals surface area contributed by atoms with Crippen LogP contribution in [0.2, 0.25) is 0 Å². The summed E-state index contributed by atoms with van der Waals surface area (Å²) < 4.78 is 10.2. The number of hydrogen-bond acceptors (Lipinski definition) is 5. The van der Waals surface area contributed by atoms with E-state index in [1.54, 1.807) is 0 Å². The summed E-state index contributed by atoms with van der Waals surface area (Å²) in [5.74, 6) is 0.868. The zero-order valence-corrected chi connectivity index (χ0v) is 19.4. The molecule has 0 N–H and O–H groups in total. The van der Waals surface area contributed by atoms with Crippen molar-refractivity contribution in [2.75, 3.05) is 14.2 Å². The third-order valence-corrected chi connectivity index (χ3v) is 9.59. The number of carbonyl (C=O) groups excluding carboxylic acids is 3. The van der Waals surface area contributed by atoms with E-state index in [0.29, 0.717) is 31.1 Å². The summed E-state index contributed by atoms with van der Waals surface area (Å²) in [4.78, 5) is 37.0. The van der Waals surface area contributed by atoms with Crippen molar-refractivity contribution in [1.82, 2.24) is 0 Å². The summed E-state index contributed by atoms with van der Waals surface area (Å²) in [6.07, 6.45) is 8.11. The van der Waals surface area contributed by atoms with Crippen LogP contribution in [0.1, 0.15) is 65.2 Å². The van der Waals surface area contributed by atoms with Crippen LogP contribution in [-0.2, 0) is 23.9 Å². The van der Waals surface area contributed by atoms with E-state index < -0.39 is 0 Å². The van der Waals surface area contributed by atoms with Gasteiger partial charge in [0, 0.05) is 12.8 Å². The van der Waals surface area contributed by atoms with Gasteiger partial charge in [-0.25, -0.2) is 0 Å². The lowest BCUT2D eigenvalue weighted by molar-refractivity contribution is -0.158. The Morgan fingerprint density at radius 3 is 2.55 bits per heavy atom. The minimum absolute atomic E-state index is 0.0180. The number of allylic oxidation sites excluding steroid dienone is 2. The molecule has 0 aromatic carbocycles. The highest BCUT2D eigenvalue weighted by molar-refractivity contribution is 5.92. The minimum atomic E-state index is -0.211. The molecule has 170 valence electrons. The number of carbonyl (C=O) groups is 3. The third kappa shape index (κ3) is 3.39. The minimum Gasteiger partial charge on any atom is -0.469 e. The summed E-state index contributed by atoms with van der Waals surface area (Å²) in [6.45, 7) is 9.09. The van der Waals surface area contributed by atoms with Crippen LogP contribution < -0.4 is 0 Å². The topological polar surface area (TPSA) is 69.7 Å². The van der Waals surface area contributed by atoms with E-state index in [-0.39, 0.29) is 46.3 Å². The average Bonchev–Trinajstić information content (AvgIpc) is 3.01. The molecule has 3 fully saturated rings. The molecule has 3 saturated carbocycles. The number of ketones is 1. The van der Waals surface area contributed by atoms with E-state index in [1.165, 1.54) is 19.8 Å². The van der Waals surface area contributed by atoms with Gasteiger partial charge in [-0.05, 0) is 79.1 Å². The van der Waals surface area contributed by atoms with Gasteiger partial charge < -0.3 is 9.47 Å². The predicted molar refractivity (Wildman–Crippen MR) is 117 cm³/mol. The van der Waals surface area contributed by atoms with Crippen molar-refractivity contribution in [3.8, 4) is 0 Å². The molecule has 7 atom stereocenters. The summed E-state index contributed by atoms with van der Waals surface area (Å²) in [7, 11) is 2.91. The van der Waals surface area contributed by atoms with Gasteiger partial charge in [-0.3, -0.25) is 14.4 Å². The van der Waals surface area contributed by atoms with E-state index in [9.17, 15) is 14.4 Å². The molecule has 4 aliphatic rings. The smallest absolute Gasteiger partial charge is 0.309 e. The molecule has 5 nitrogen and oxygen atoms in total. The molecule has 5 heteroatoms. The Morgan fingerprint density at radius 2 is 1.87 bits per heavy atom. The fourth-order valence-corrected chi connectivity index (χ4v) is 7.91. The molecular weight excluding hydrogens is 392 g/mol. The lowest BCUT2D eigenvalue weighted by Gasteiger charge is -2.59. The van der Waals surface area contributed by atoms with Crippen molar-refractivity contribution >= 4 is 17.7 Å². The van der Waals surface area contributed by atoms with Crippen molar-refractivity contribution in [1.29, 1.82) is 0 Å². The quantitative estimate of drug-likeness (QED) is 0.481. The molecule has 31 heavy (non-hydrogen) atoms. The van der Waals surface area contributed by atoms with Gasteiger partial charge >= 0.3 is 11.9 Å². The molecule has 0 bridgehead atoms. The zero-order valence-electron chi connectivity index (χ0n) is 19.4. The van der Waals surface area contributed by atoms with Crippen LogP contribution in [0.15, 0.2) is 23.8 Å². The molecule has 0 aromatic rings. The molecule has 0 aromatic heterocycles. The third-order valence-electron chi connectivity index (χ3n) is 9.59. The van der Waals surface area contributed by atoms with Crippen molar-refractivity contribution < 1.29 is 23.9 Å². The molecule has 0 radical (unpaired) electrons. The highest BCUT2D eigenvalue weighted by Crippen LogP contribution is 2.69. The van der Waals surface area contributed by atoms with Crippen LogP contribution in [0.3, 0.4) is 0 Å². The van der Waals surface area contributed by atoms with Gasteiger partial charge in [-0.15, -0.1) is 0 Å². The van der Waals surface area contributed by atoms with Gasteiger partial charge in [0.25, 0.3) is 0 Å². The summed E-state index contributed by atoms with van der Waals surface area (Å²) in [6, 6.07) is 0. The Labute approximate surface area is 185 Å². The number of hydrogen-bond donors (Lipinski definition) is 0. The predicted octanol–water partition coefficient (Wildman–Crippen LogP) is 4.65. The van der Waals surface area contributed by atoms with Crippen LogP contribution in [0.25, 0.3) is 0 Å². The summed E-state index contributed by atoms with van der Waals surface area (Å²) >= 11 is 0. The van der Waals surface area contributed by atoms with Crippen LogP contribution in [0.4, 0.5) is 0 Å². The maximum absolute atomic E-state index is 13.0. The second kappa shape index (κ2) is 7.90. The number of esters is 2. The molecule has 0 amide bonds. The summed E-state index contributed by atoms with van der Waals surface area (Å²) in [5.41, 5.74) is 2.38. The second-order valence-electron chi connectivity index (χ2n) is 10.8. The molecule has 0 saturated heterocycles. The van der Waals surface area contributed by atoms with Crippen LogP contribution in [0, 0.1) is 40.4 Å². The number of fused-ring (bicyclic) bond motifs is 5. The first-order valence-corrected chi connectivity index (χ1v) is 11.7. The normalized spacial score (nSPS) is 41.5. The lowest BCUT2D eigenvalue weighted by atomic mass is 9.44. The van der Waals surface area contributed by atoms with E-state index in [2.05, 4.69) is 20.4 Å². The molecule has 0 heterocycles. The first-order valence-electron chi connectivity index (χ1n) is 11.7. The summed E-state index contributed by atoms with van der Waals surface area (Å²) in [5, 5.41) is 0. The average molecular weight is 429 g/mol. The number of rotatable bonds is 4. The monoisotopic (exact) mass is 428 g/mol. The van der Waals surface area contributed by atoms with Crippen molar-refractivity contribution in [3.63, 3.8) is 0 Å². The van der Waals surface area contributed by atoms with Crippen LogP contribution in [0.5, 0.6) is 0 Å².